The lowest BCUT2D eigenvalue weighted by Gasteiger charge is -2.15. The molecule has 0 aliphatic rings. The molecule has 6 rings (SSSR count). The summed E-state index contributed by atoms with van der Waals surface area (Å²) in [6.45, 7) is 8.90. The fourth-order valence-corrected chi connectivity index (χ4v) is 5.24. The maximum absolute atomic E-state index is 9.18. The first kappa shape index (κ1) is 34.5. The summed E-state index contributed by atoms with van der Waals surface area (Å²) in [6.07, 6.45) is 0. The molecule has 2 heterocycles. The minimum absolute atomic E-state index is 0.321. The van der Waals surface area contributed by atoms with E-state index < -0.39 is 0 Å². The summed E-state index contributed by atoms with van der Waals surface area (Å²) in [4.78, 5) is 27.7. The lowest BCUT2D eigenvalue weighted by Crippen LogP contribution is -2.18. The number of nitrogens with zero attached hydrogens (tertiary/aromatic N) is 8. The first-order valence-electron chi connectivity index (χ1n) is 16.5. The van der Waals surface area contributed by atoms with Crippen LogP contribution in [0.5, 0.6) is 0 Å². The fourth-order valence-electron chi connectivity index (χ4n) is 5.24. The van der Waals surface area contributed by atoms with Crippen LogP contribution in [0.1, 0.15) is 33.4 Å². The van der Waals surface area contributed by atoms with Gasteiger partial charge in [-0.1, -0.05) is 36.4 Å². The van der Waals surface area contributed by atoms with Gasteiger partial charge in [0.05, 0.1) is 23.3 Å². The molecule has 0 aliphatic heterocycles. The van der Waals surface area contributed by atoms with Gasteiger partial charge in [-0.05, 0) is 98.5 Å². The molecule has 0 fully saturated rings. The van der Waals surface area contributed by atoms with Crippen molar-refractivity contribution in [3.63, 3.8) is 0 Å². The zero-order chi connectivity index (χ0) is 36.5. The molecular weight excluding hydrogens is 653 g/mol. The van der Waals surface area contributed by atoms with E-state index in [0.29, 0.717) is 59.9 Å². The van der Waals surface area contributed by atoms with Crippen molar-refractivity contribution >= 4 is 58.4 Å². The molecule has 14 heteroatoms. The first-order valence-corrected chi connectivity index (χ1v) is 16.5. The van der Waals surface area contributed by atoms with Gasteiger partial charge in [0.1, 0.15) is 0 Å². The number of aromatic nitrogens is 6. The number of benzene rings is 4. The van der Waals surface area contributed by atoms with Crippen LogP contribution in [0, 0.1) is 50.4 Å². The molecule has 6 N–H and O–H groups in total. The van der Waals surface area contributed by atoms with Crippen LogP contribution in [-0.4, -0.2) is 43.0 Å². The Morgan fingerprint density at radius 2 is 0.731 bits per heavy atom. The molecule has 0 saturated carbocycles. The largest absolute Gasteiger partial charge is 0.352 e. The van der Waals surface area contributed by atoms with E-state index in [0.717, 1.165) is 45.0 Å². The third-order valence-corrected chi connectivity index (χ3v) is 7.94. The highest BCUT2D eigenvalue weighted by atomic mass is 15.3. The SMILES string of the molecule is Cc1cccc(C)c1Nc1nc(NCCNc2nc(Nc3ccc(C#N)cc3)nc(Nc3c(C)cccc3C)n2)nc(Nc2ccc(C#N)cc2)n1. The molecule has 0 spiro atoms. The molecule has 258 valence electrons. The molecule has 52 heavy (non-hydrogen) atoms. The van der Waals surface area contributed by atoms with Gasteiger partial charge in [-0.15, -0.1) is 0 Å². The number of nitriles is 2. The minimum Gasteiger partial charge on any atom is -0.352 e. The van der Waals surface area contributed by atoms with Gasteiger partial charge in [-0.3, -0.25) is 0 Å². The van der Waals surface area contributed by atoms with Crippen LogP contribution in [0.25, 0.3) is 0 Å². The van der Waals surface area contributed by atoms with Crippen molar-refractivity contribution in [3.8, 4) is 12.1 Å². The van der Waals surface area contributed by atoms with Crippen LogP contribution < -0.4 is 31.9 Å². The number of aryl methyl sites for hydroxylation is 4. The van der Waals surface area contributed by atoms with Gasteiger partial charge in [-0.2, -0.15) is 40.4 Å². The summed E-state index contributed by atoms with van der Waals surface area (Å²) in [5.41, 5.74) is 8.59. The summed E-state index contributed by atoms with van der Waals surface area (Å²) < 4.78 is 0. The Morgan fingerprint density at radius 1 is 0.423 bits per heavy atom. The molecule has 2 aromatic heterocycles. The molecule has 0 atom stereocenters. The van der Waals surface area contributed by atoms with Crippen molar-refractivity contribution in [3.05, 3.63) is 118 Å². The second kappa shape index (κ2) is 15.9. The van der Waals surface area contributed by atoms with Crippen LogP contribution in [0.15, 0.2) is 84.9 Å². The number of anilines is 10. The Hall–Kier alpha value is -7.32. The van der Waals surface area contributed by atoms with Crippen molar-refractivity contribution in [1.82, 2.24) is 29.9 Å². The zero-order valence-corrected chi connectivity index (χ0v) is 29.1. The van der Waals surface area contributed by atoms with E-state index in [-0.39, 0.29) is 0 Å². The number of hydrogen-bond acceptors (Lipinski definition) is 14. The normalized spacial score (nSPS) is 10.4. The minimum atomic E-state index is 0.321. The standard InChI is InChI=1S/C38H36N14/c1-23-7-5-8-24(2)31(23)45-37-49-33(47-35(51-37)43-29-15-11-27(21-39)12-16-29)41-19-20-42-34-48-36(44-30-17-13-28(22-40)14-18-30)52-38(50-34)46-32-25(3)9-6-10-26(32)4/h5-18H,19-20H2,1-4H3,(H3,41,43,45,47,49,51)(H3,42,44,46,48,50,52). The second-order valence-electron chi connectivity index (χ2n) is 11.9. The van der Waals surface area contributed by atoms with Crippen LogP contribution >= 0.6 is 0 Å². The summed E-state index contributed by atoms with van der Waals surface area (Å²) in [5.74, 6) is 2.05. The summed E-state index contributed by atoms with van der Waals surface area (Å²) >= 11 is 0. The third kappa shape index (κ3) is 8.82. The van der Waals surface area contributed by atoms with Crippen molar-refractivity contribution in [2.75, 3.05) is 45.0 Å². The van der Waals surface area contributed by atoms with Crippen molar-refractivity contribution in [2.24, 2.45) is 0 Å². The maximum atomic E-state index is 9.18. The van der Waals surface area contributed by atoms with Gasteiger partial charge in [0, 0.05) is 35.8 Å². The Bertz CT molecular complexity index is 2070. The van der Waals surface area contributed by atoms with E-state index in [1.807, 2.05) is 64.1 Å². The average molecular weight is 689 g/mol. The Kier molecular flexibility index (Phi) is 10.6. The monoisotopic (exact) mass is 688 g/mol. The number of para-hydroxylation sites is 2. The quantitative estimate of drug-likeness (QED) is 0.0651. The molecule has 0 amide bonds. The van der Waals surface area contributed by atoms with Crippen LogP contribution in [-0.2, 0) is 0 Å². The molecule has 0 bridgehead atoms. The lowest BCUT2D eigenvalue weighted by molar-refractivity contribution is 0.971. The van der Waals surface area contributed by atoms with Crippen LogP contribution in [0.3, 0.4) is 0 Å². The molecule has 6 aromatic rings. The fraction of sp³-hybridized carbons (Fsp3) is 0.158. The average Bonchev–Trinajstić information content (AvgIpc) is 3.14. The zero-order valence-electron chi connectivity index (χ0n) is 29.1. The topological polar surface area (TPSA) is 197 Å². The van der Waals surface area contributed by atoms with E-state index in [2.05, 4.69) is 73.9 Å². The molecule has 0 aliphatic carbocycles. The van der Waals surface area contributed by atoms with E-state index in [4.69, 9.17) is 0 Å². The Balaban J connectivity index is 1.20. The Labute approximate surface area is 301 Å². The smallest absolute Gasteiger partial charge is 0.233 e. The predicted molar refractivity (Wildman–Crippen MR) is 204 cm³/mol. The molecule has 0 saturated heterocycles. The number of hydrogen-bond donors (Lipinski definition) is 6. The second-order valence-corrected chi connectivity index (χ2v) is 11.9. The van der Waals surface area contributed by atoms with Crippen LogP contribution in [0.2, 0.25) is 0 Å². The van der Waals surface area contributed by atoms with E-state index in [1.165, 1.54) is 0 Å². The molecular formula is C38H36N14. The molecule has 0 radical (unpaired) electrons. The van der Waals surface area contributed by atoms with E-state index >= 15 is 0 Å². The summed E-state index contributed by atoms with van der Waals surface area (Å²) in [5, 5.41) is 38.0. The summed E-state index contributed by atoms with van der Waals surface area (Å²) in [6, 6.07) is 30.4. The van der Waals surface area contributed by atoms with Gasteiger partial charge in [0.25, 0.3) is 0 Å². The molecule has 14 nitrogen and oxygen atoms in total. The third-order valence-electron chi connectivity index (χ3n) is 7.94. The van der Waals surface area contributed by atoms with Gasteiger partial charge < -0.3 is 31.9 Å². The van der Waals surface area contributed by atoms with Crippen LogP contribution in [0.4, 0.5) is 58.4 Å². The van der Waals surface area contributed by atoms with E-state index in [9.17, 15) is 10.5 Å². The highest BCUT2D eigenvalue weighted by molar-refractivity contribution is 5.66. The van der Waals surface area contributed by atoms with Gasteiger partial charge in [0.2, 0.25) is 35.7 Å². The lowest BCUT2D eigenvalue weighted by atomic mass is 10.1. The Morgan fingerprint density at radius 3 is 1.06 bits per heavy atom. The van der Waals surface area contributed by atoms with Crippen molar-refractivity contribution in [2.45, 2.75) is 27.7 Å². The molecule has 0 unspecified atom stereocenters. The molecule has 4 aromatic carbocycles. The van der Waals surface area contributed by atoms with E-state index in [1.54, 1.807) is 48.5 Å². The van der Waals surface area contributed by atoms with Crippen molar-refractivity contribution < 1.29 is 0 Å². The maximum Gasteiger partial charge on any atom is 0.233 e. The van der Waals surface area contributed by atoms with Gasteiger partial charge in [-0.25, -0.2) is 0 Å². The van der Waals surface area contributed by atoms with Crippen molar-refractivity contribution in [1.29, 1.82) is 10.5 Å². The first-order chi connectivity index (χ1) is 25.3. The number of rotatable bonds is 13. The number of nitrogens with one attached hydrogen (secondary N) is 6. The van der Waals surface area contributed by atoms with Gasteiger partial charge >= 0.3 is 0 Å². The summed E-state index contributed by atoms with van der Waals surface area (Å²) in [7, 11) is 0. The highest BCUT2D eigenvalue weighted by Crippen LogP contribution is 2.26. The highest BCUT2D eigenvalue weighted by Gasteiger charge is 2.13. The van der Waals surface area contributed by atoms with Gasteiger partial charge in [0.15, 0.2) is 0 Å². The predicted octanol–water partition coefficient (Wildman–Crippen LogP) is 7.53.